The van der Waals surface area contributed by atoms with Gasteiger partial charge in [0, 0.05) is 19.8 Å². The SMILES string of the molecule is CCN(C)C(=O)CNc1ccnc(Cl)n1. The van der Waals surface area contributed by atoms with E-state index in [2.05, 4.69) is 15.3 Å². The summed E-state index contributed by atoms with van der Waals surface area (Å²) in [5.74, 6) is 0.556. The minimum Gasteiger partial charge on any atom is -0.361 e. The Morgan fingerprint density at radius 3 is 3.00 bits per heavy atom. The smallest absolute Gasteiger partial charge is 0.241 e. The monoisotopic (exact) mass is 228 g/mol. The molecule has 6 heteroatoms. The molecule has 0 atom stereocenters. The number of hydrogen-bond donors (Lipinski definition) is 1. The van der Waals surface area contributed by atoms with Gasteiger partial charge in [0.25, 0.3) is 0 Å². The Bertz CT molecular complexity index is 345. The molecule has 0 bridgehead atoms. The zero-order valence-electron chi connectivity index (χ0n) is 8.70. The number of nitrogens with zero attached hydrogens (tertiary/aromatic N) is 3. The van der Waals surface area contributed by atoms with Crippen molar-refractivity contribution >= 4 is 23.3 Å². The molecular weight excluding hydrogens is 216 g/mol. The van der Waals surface area contributed by atoms with Crippen molar-refractivity contribution in [2.45, 2.75) is 6.92 Å². The van der Waals surface area contributed by atoms with Crippen LogP contribution < -0.4 is 5.32 Å². The van der Waals surface area contributed by atoms with E-state index in [9.17, 15) is 4.79 Å². The van der Waals surface area contributed by atoms with E-state index in [0.717, 1.165) is 0 Å². The van der Waals surface area contributed by atoms with Crippen molar-refractivity contribution in [3.63, 3.8) is 0 Å². The first-order valence-corrected chi connectivity index (χ1v) is 4.97. The Kier molecular flexibility index (Phi) is 4.30. The fourth-order valence-corrected chi connectivity index (χ4v) is 1.06. The lowest BCUT2D eigenvalue weighted by Gasteiger charge is -2.14. The molecule has 0 radical (unpaired) electrons. The number of hydrogen-bond acceptors (Lipinski definition) is 4. The van der Waals surface area contributed by atoms with Gasteiger partial charge in [-0.3, -0.25) is 4.79 Å². The summed E-state index contributed by atoms with van der Waals surface area (Å²) in [6.07, 6.45) is 1.53. The largest absolute Gasteiger partial charge is 0.361 e. The van der Waals surface area contributed by atoms with Gasteiger partial charge in [-0.25, -0.2) is 9.97 Å². The molecule has 0 aliphatic heterocycles. The van der Waals surface area contributed by atoms with Gasteiger partial charge in [-0.2, -0.15) is 0 Å². The normalized spacial score (nSPS) is 9.80. The summed E-state index contributed by atoms with van der Waals surface area (Å²) in [4.78, 5) is 20.7. The highest BCUT2D eigenvalue weighted by atomic mass is 35.5. The summed E-state index contributed by atoms with van der Waals surface area (Å²) in [7, 11) is 1.75. The van der Waals surface area contributed by atoms with Gasteiger partial charge in [-0.1, -0.05) is 0 Å². The van der Waals surface area contributed by atoms with Crippen LogP contribution in [0.15, 0.2) is 12.3 Å². The summed E-state index contributed by atoms with van der Waals surface area (Å²) in [6.45, 7) is 2.81. The molecule has 5 nitrogen and oxygen atoms in total. The molecule has 0 aromatic carbocycles. The molecule has 1 amide bonds. The van der Waals surface area contributed by atoms with Crippen molar-refractivity contribution in [2.24, 2.45) is 0 Å². The molecule has 82 valence electrons. The molecule has 1 aromatic rings. The third-order valence-electron chi connectivity index (χ3n) is 1.95. The van der Waals surface area contributed by atoms with Crippen molar-refractivity contribution in [3.05, 3.63) is 17.5 Å². The predicted octanol–water partition coefficient (Wildman–Crippen LogP) is 1.02. The standard InChI is InChI=1S/C9H13ClN4O/c1-3-14(2)8(15)6-12-7-4-5-11-9(10)13-7/h4-5H,3,6H2,1-2H3,(H,11,12,13). The number of rotatable bonds is 4. The van der Waals surface area contributed by atoms with E-state index >= 15 is 0 Å². The summed E-state index contributed by atoms with van der Waals surface area (Å²) in [5.41, 5.74) is 0. The average Bonchev–Trinajstić information content (AvgIpc) is 2.25. The molecular formula is C9H13ClN4O. The maximum Gasteiger partial charge on any atom is 0.241 e. The van der Waals surface area contributed by atoms with E-state index in [1.165, 1.54) is 6.20 Å². The molecule has 0 aliphatic carbocycles. The Morgan fingerprint density at radius 2 is 2.40 bits per heavy atom. The van der Waals surface area contributed by atoms with Gasteiger partial charge >= 0.3 is 0 Å². The van der Waals surface area contributed by atoms with Gasteiger partial charge in [0.2, 0.25) is 11.2 Å². The second kappa shape index (κ2) is 5.50. The maximum atomic E-state index is 11.4. The van der Waals surface area contributed by atoms with Crippen LogP contribution in [0, 0.1) is 0 Å². The fourth-order valence-electron chi connectivity index (χ4n) is 0.911. The molecule has 0 saturated carbocycles. The van der Waals surface area contributed by atoms with Crippen LogP contribution in [-0.4, -0.2) is 40.9 Å². The highest BCUT2D eigenvalue weighted by Crippen LogP contribution is 2.05. The second-order valence-corrected chi connectivity index (χ2v) is 3.31. The van der Waals surface area contributed by atoms with E-state index < -0.39 is 0 Å². The van der Waals surface area contributed by atoms with Crippen molar-refractivity contribution < 1.29 is 4.79 Å². The molecule has 15 heavy (non-hydrogen) atoms. The van der Waals surface area contributed by atoms with Crippen LogP contribution in [0.1, 0.15) is 6.92 Å². The number of anilines is 1. The number of aromatic nitrogens is 2. The summed E-state index contributed by atoms with van der Waals surface area (Å²) >= 11 is 5.59. The number of halogens is 1. The van der Waals surface area contributed by atoms with Crippen LogP contribution in [0.2, 0.25) is 5.28 Å². The van der Waals surface area contributed by atoms with Crippen LogP contribution in [0.4, 0.5) is 5.82 Å². The molecule has 0 unspecified atom stereocenters. The number of carbonyl (C=O) groups excluding carboxylic acids is 1. The highest BCUT2D eigenvalue weighted by molar-refractivity contribution is 6.28. The van der Waals surface area contributed by atoms with Crippen LogP contribution in [0.25, 0.3) is 0 Å². The zero-order chi connectivity index (χ0) is 11.3. The molecule has 0 saturated heterocycles. The zero-order valence-corrected chi connectivity index (χ0v) is 9.45. The Labute approximate surface area is 93.5 Å². The molecule has 1 N–H and O–H groups in total. The number of nitrogens with one attached hydrogen (secondary N) is 1. The lowest BCUT2D eigenvalue weighted by molar-refractivity contribution is -0.127. The maximum absolute atomic E-state index is 11.4. The first kappa shape index (κ1) is 11.7. The minimum absolute atomic E-state index is 0.00670. The highest BCUT2D eigenvalue weighted by Gasteiger charge is 2.06. The Balaban J connectivity index is 2.47. The third-order valence-corrected chi connectivity index (χ3v) is 2.13. The van der Waals surface area contributed by atoms with Crippen LogP contribution in [0.5, 0.6) is 0 Å². The first-order valence-electron chi connectivity index (χ1n) is 4.60. The van der Waals surface area contributed by atoms with Crippen molar-refractivity contribution in [1.82, 2.24) is 14.9 Å². The topological polar surface area (TPSA) is 58.1 Å². The number of likely N-dealkylation sites (N-methyl/N-ethyl adjacent to an activating group) is 1. The molecule has 0 spiro atoms. The van der Waals surface area contributed by atoms with E-state index in [0.29, 0.717) is 12.4 Å². The van der Waals surface area contributed by atoms with E-state index in [-0.39, 0.29) is 17.7 Å². The molecule has 1 heterocycles. The summed E-state index contributed by atoms with van der Waals surface area (Å²) in [6, 6.07) is 1.66. The van der Waals surface area contributed by atoms with E-state index in [1.54, 1.807) is 18.0 Å². The van der Waals surface area contributed by atoms with Crippen molar-refractivity contribution in [1.29, 1.82) is 0 Å². The predicted molar refractivity (Wildman–Crippen MR) is 58.8 cm³/mol. The van der Waals surface area contributed by atoms with Crippen molar-refractivity contribution in [2.75, 3.05) is 25.5 Å². The van der Waals surface area contributed by atoms with E-state index in [1.807, 2.05) is 6.92 Å². The van der Waals surface area contributed by atoms with Crippen LogP contribution in [0.3, 0.4) is 0 Å². The van der Waals surface area contributed by atoms with Gasteiger partial charge in [0.1, 0.15) is 5.82 Å². The quantitative estimate of drug-likeness (QED) is 0.782. The van der Waals surface area contributed by atoms with Gasteiger partial charge in [-0.15, -0.1) is 0 Å². The minimum atomic E-state index is 0.00670. The van der Waals surface area contributed by atoms with Gasteiger partial charge < -0.3 is 10.2 Å². The van der Waals surface area contributed by atoms with Gasteiger partial charge in [0.05, 0.1) is 6.54 Å². The third kappa shape index (κ3) is 3.71. The van der Waals surface area contributed by atoms with Gasteiger partial charge in [0.15, 0.2) is 0 Å². The van der Waals surface area contributed by atoms with Gasteiger partial charge in [-0.05, 0) is 24.6 Å². The second-order valence-electron chi connectivity index (χ2n) is 2.97. The van der Waals surface area contributed by atoms with Crippen molar-refractivity contribution in [3.8, 4) is 0 Å². The summed E-state index contributed by atoms with van der Waals surface area (Å²) in [5, 5.41) is 3.04. The number of amides is 1. The molecule has 0 fully saturated rings. The first-order chi connectivity index (χ1) is 7.13. The average molecular weight is 229 g/mol. The lowest BCUT2D eigenvalue weighted by atomic mass is 10.5. The molecule has 1 rings (SSSR count). The van der Waals surface area contributed by atoms with Crippen LogP contribution >= 0.6 is 11.6 Å². The number of carbonyl (C=O) groups is 1. The van der Waals surface area contributed by atoms with E-state index in [4.69, 9.17) is 11.6 Å². The Hall–Kier alpha value is -1.36. The lowest BCUT2D eigenvalue weighted by Crippen LogP contribution is -2.32. The summed E-state index contributed by atoms with van der Waals surface area (Å²) < 4.78 is 0. The van der Waals surface area contributed by atoms with Crippen LogP contribution in [-0.2, 0) is 4.79 Å². The molecule has 1 aromatic heterocycles. The molecule has 0 aliphatic rings. The Morgan fingerprint density at radius 1 is 1.67 bits per heavy atom. The fraction of sp³-hybridized carbons (Fsp3) is 0.444.